The average Bonchev–Trinajstić information content (AvgIpc) is 2.27. The summed E-state index contributed by atoms with van der Waals surface area (Å²) in [5.41, 5.74) is 0. The van der Waals surface area contributed by atoms with Crippen molar-refractivity contribution in [3.8, 4) is 0 Å². The summed E-state index contributed by atoms with van der Waals surface area (Å²) in [6, 6.07) is 0. The van der Waals surface area contributed by atoms with E-state index in [1.807, 2.05) is 0 Å². The van der Waals surface area contributed by atoms with Gasteiger partial charge in [-0.05, 0) is 13.8 Å². The molecule has 3 unspecified atom stereocenters. The molecule has 1 N–H and O–H groups in total. The van der Waals surface area contributed by atoms with Gasteiger partial charge in [0.2, 0.25) is 0 Å². The molecule has 0 aromatic heterocycles. The van der Waals surface area contributed by atoms with E-state index in [0.717, 1.165) is 6.08 Å². The zero-order valence-electron chi connectivity index (χ0n) is 9.50. The molecule has 0 aliphatic heterocycles. The number of carbonyl (C=O) groups excluding carboxylic acids is 2. The predicted molar refractivity (Wildman–Crippen MR) is 54.3 cm³/mol. The molecular weight excluding hydrogens is 216 g/mol. The van der Waals surface area contributed by atoms with E-state index in [0.29, 0.717) is 0 Å². The van der Waals surface area contributed by atoms with Gasteiger partial charge in [0.15, 0.2) is 12.4 Å². The average molecular weight is 232 g/mol. The number of esters is 2. The Morgan fingerprint density at radius 1 is 1.38 bits per heavy atom. The van der Waals surface area contributed by atoms with E-state index in [1.165, 1.54) is 21.0 Å². The molecule has 16 heavy (non-hydrogen) atoms. The van der Waals surface area contributed by atoms with Crippen molar-refractivity contribution >= 4 is 11.9 Å². The van der Waals surface area contributed by atoms with Crippen LogP contribution in [0, 0.1) is 0 Å². The number of hydrogen-bond donors (Lipinski definition) is 1. The first-order chi connectivity index (χ1) is 7.42. The Morgan fingerprint density at radius 2 is 1.94 bits per heavy atom. The lowest BCUT2D eigenvalue weighted by molar-refractivity contribution is -0.204. The first-order valence-corrected chi connectivity index (χ1v) is 4.66. The summed E-state index contributed by atoms with van der Waals surface area (Å²) < 4.78 is 14.0. The Hall–Kier alpha value is -1.40. The van der Waals surface area contributed by atoms with Gasteiger partial charge in [-0.3, -0.25) is 0 Å². The van der Waals surface area contributed by atoms with Crippen LogP contribution in [-0.4, -0.2) is 42.7 Å². The second kappa shape index (κ2) is 6.97. The highest BCUT2D eigenvalue weighted by Crippen LogP contribution is 2.06. The normalized spacial score (nSPS) is 15.8. The minimum Gasteiger partial charge on any atom is -0.467 e. The van der Waals surface area contributed by atoms with Crippen molar-refractivity contribution in [2.45, 2.75) is 32.3 Å². The van der Waals surface area contributed by atoms with E-state index < -0.39 is 30.4 Å². The highest BCUT2D eigenvalue weighted by Gasteiger charge is 2.24. The minimum absolute atomic E-state index is 0.624. The molecule has 0 heterocycles. The molecule has 6 heteroatoms. The van der Waals surface area contributed by atoms with Crippen molar-refractivity contribution in [3.05, 3.63) is 12.7 Å². The summed E-state index contributed by atoms with van der Waals surface area (Å²) in [6.45, 7) is 6.04. The molecule has 0 bridgehead atoms. The molecule has 0 spiro atoms. The monoisotopic (exact) mass is 232 g/mol. The molecule has 0 rings (SSSR count). The van der Waals surface area contributed by atoms with E-state index in [9.17, 15) is 14.7 Å². The number of aliphatic hydroxyl groups excluding tert-OH is 1. The van der Waals surface area contributed by atoms with Crippen molar-refractivity contribution in [3.63, 3.8) is 0 Å². The van der Waals surface area contributed by atoms with Crippen LogP contribution in [0.3, 0.4) is 0 Å². The summed E-state index contributed by atoms with van der Waals surface area (Å²) >= 11 is 0. The van der Waals surface area contributed by atoms with E-state index in [4.69, 9.17) is 9.47 Å². The van der Waals surface area contributed by atoms with E-state index in [2.05, 4.69) is 11.3 Å². The Kier molecular flexibility index (Phi) is 6.36. The quantitative estimate of drug-likeness (QED) is 0.394. The van der Waals surface area contributed by atoms with E-state index in [-0.39, 0.29) is 0 Å². The van der Waals surface area contributed by atoms with Gasteiger partial charge < -0.3 is 19.3 Å². The fourth-order valence-corrected chi connectivity index (χ4v) is 0.831. The van der Waals surface area contributed by atoms with Crippen molar-refractivity contribution in [1.29, 1.82) is 0 Å². The molecule has 0 fully saturated rings. The van der Waals surface area contributed by atoms with Crippen LogP contribution in [0.2, 0.25) is 0 Å². The summed E-state index contributed by atoms with van der Waals surface area (Å²) in [5.74, 6) is -1.30. The number of carbonyl (C=O) groups is 2. The molecule has 0 aromatic rings. The number of rotatable bonds is 6. The maximum absolute atomic E-state index is 11.0. The molecule has 3 atom stereocenters. The van der Waals surface area contributed by atoms with Crippen LogP contribution in [0.5, 0.6) is 0 Å². The van der Waals surface area contributed by atoms with Crippen molar-refractivity contribution < 1.29 is 28.9 Å². The van der Waals surface area contributed by atoms with Crippen LogP contribution in [0.25, 0.3) is 0 Å². The molecule has 6 nitrogen and oxygen atoms in total. The van der Waals surface area contributed by atoms with Crippen LogP contribution in [0.4, 0.5) is 0 Å². The largest absolute Gasteiger partial charge is 0.467 e. The Morgan fingerprint density at radius 3 is 2.38 bits per heavy atom. The second-order valence-corrected chi connectivity index (χ2v) is 3.04. The van der Waals surface area contributed by atoms with E-state index in [1.54, 1.807) is 0 Å². The van der Waals surface area contributed by atoms with Gasteiger partial charge in [0, 0.05) is 6.08 Å². The third kappa shape index (κ3) is 4.90. The van der Waals surface area contributed by atoms with Crippen LogP contribution in [0.15, 0.2) is 12.7 Å². The smallest absolute Gasteiger partial charge is 0.334 e. The van der Waals surface area contributed by atoms with Gasteiger partial charge in [0.05, 0.1) is 7.11 Å². The number of ether oxygens (including phenoxy) is 3. The molecule has 0 radical (unpaired) electrons. The van der Waals surface area contributed by atoms with Crippen LogP contribution in [0.1, 0.15) is 13.8 Å². The summed E-state index contributed by atoms with van der Waals surface area (Å²) in [6.07, 6.45) is -2.28. The van der Waals surface area contributed by atoms with Gasteiger partial charge in [0.1, 0.15) is 6.10 Å². The summed E-state index contributed by atoms with van der Waals surface area (Å²) in [7, 11) is 1.20. The first-order valence-electron chi connectivity index (χ1n) is 4.66. The van der Waals surface area contributed by atoms with E-state index >= 15 is 0 Å². The zero-order chi connectivity index (χ0) is 12.7. The van der Waals surface area contributed by atoms with Crippen LogP contribution in [-0.2, 0) is 23.8 Å². The highest BCUT2D eigenvalue weighted by atomic mass is 16.7. The SMILES string of the molecule is C=CC(=O)OC(C)C(O)OC(C)C(=O)OC. The summed E-state index contributed by atoms with van der Waals surface area (Å²) in [4.78, 5) is 21.8. The lowest BCUT2D eigenvalue weighted by Gasteiger charge is -2.21. The van der Waals surface area contributed by atoms with Gasteiger partial charge >= 0.3 is 11.9 Å². The van der Waals surface area contributed by atoms with Crippen molar-refractivity contribution in [2.24, 2.45) is 0 Å². The van der Waals surface area contributed by atoms with Gasteiger partial charge in [-0.1, -0.05) is 6.58 Å². The molecule has 0 aliphatic carbocycles. The number of methoxy groups -OCH3 is 1. The molecule has 0 saturated heterocycles. The number of aliphatic hydroxyl groups is 1. The Labute approximate surface area is 93.8 Å². The summed E-state index contributed by atoms with van der Waals surface area (Å²) in [5, 5.41) is 9.44. The minimum atomic E-state index is -1.40. The Bertz CT molecular complexity index is 262. The maximum atomic E-state index is 11.0. The van der Waals surface area contributed by atoms with Crippen LogP contribution >= 0.6 is 0 Å². The van der Waals surface area contributed by atoms with Gasteiger partial charge in [-0.15, -0.1) is 0 Å². The van der Waals surface area contributed by atoms with Gasteiger partial charge in [-0.25, -0.2) is 9.59 Å². The lowest BCUT2D eigenvalue weighted by Crippen LogP contribution is -2.36. The zero-order valence-corrected chi connectivity index (χ0v) is 9.50. The maximum Gasteiger partial charge on any atom is 0.334 e. The van der Waals surface area contributed by atoms with Crippen molar-refractivity contribution in [2.75, 3.05) is 7.11 Å². The second-order valence-electron chi connectivity index (χ2n) is 3.04. The van der Waals surface area contributed by atoms with Crippen LogP contribution < -0.4 is 0 Å². The molecule has 0 amide bonds. The Balaban J connectivity index is 4.13. The highest BCUT2D eigenvalue weighted by molar-refractivity contribution is 5.81. The molecule has 0 aliphatic rings. The fourth-order valence-electron chi connectivity index (χ4n) is 0.831. The first kappa shape index (κ1) is 14.6. The molecule has 92 valence electrons. The lowest BCUT2D eigenvalue weighted by atomic mass is 10.3. The predicted octanol–water partition coefficient (Wildman–Crippen LogP) is 0.000600. The van der Waals surface area contributed by atoms with Gasteiger partial charge in [-0.2, -0.15) is 0 Å². The third-order valence-corrected chi connectivity index (χ3v) is 1.75. The standard InChI is InChI=1S/C10H16O6/c1-5-8(11)15-7(3)10(13)16-6(2)9(12)14-4/h5-7,10,13H,1H2,2-4H3. The molecular formula is C10H16O6. The molecule has 0 saturated carbocycles. The fraction of sp³-hybridized carbons (Fsp3) is 0.600. The molecule has 0 aromatic carbocycles. The number of hydrogen-bond acceptors (Lipinski definition) is 6. The third-order valence-electron chi connectivity index (χ3n) is 1.75. The topological polar surface area (TPSA) is 82.1 Å². The van der Waals surface area contributed by atoms with Crippen molar-refractivity contribution in [1.82, 2.24) is 0 Å². The van der Waals surface area contributed by atoms with Gasteiger partial charge in [0.25, 0.3) is 0 Å².